The van der Waals surface area contributed by atoms with Crippen LogP contribution in [0, 0.1) is 0 Å². The van der Waals surface area contributed by atoms with Crippen molar-refractivity contribution in [3.8, 4) is 0 Å². The lowest BCUT2D eigenvalue weighted by molar-refractivity contribution is -0.166. The van der Waals surface area contributed by atoms with Gasteiger partial charge in [0, 0.05) is 46.6 Å². The Morgan fingerprint density at radius 3 is 2.59 bits per heavy atom. The van der Waals surface area contributed by atoms with E-state index in [1.165, 1.54) is 0 Å². The molecule has 22 heavy (non-hydrogen) atoms. The normalized spacial score (nSPS) is 24.3. The molecule has 2 saturated heterocycles. The van der Waals surface area contributed by atoms with Gasteiger partial charge < -0.3 is 19.3 Å². The number of hydrogen-bond acceptors (Lipinski definition) is 4. The molecule has 1 unspecified atom stereocenters. The Kier molecular flexibility index (Phi) is 5.81. The lowest BCUT2D eigenvalue weighted by atomic mass is 9.83. The van der Waals surface area contributed by atoms with Crippen LogP contribution in [-0.4, -0.2) is 73.7 Å². The van der Waals surface area contributed by atoms with Gasteiger partial charge in [0.2, 0.25) is 11.8 Å². The minimum Gasteiger partial charge on any atom is -0.375 e. The van der Waals surface area contributed by atoms with Crippen molar-refractivity contribution in [2.24, 2.45) is 0 Å². The molecule has 6 nitrogen and oxygen atoms in total. The van der Waals surface area contributed by atoms with Gasteiger partial charge >= 0.3 is 0 Å². The lowest BCUT2D eigenvalue weighted by Gasteiger charge is -2.46. The molecule has 0 aliphatic carbocycles. The minimum atomic E-state index is -0.172. The zero-order valence-corrected chi connectivity index (χ0v) is 14.0. The summed E-state index contributed by atoms with van der Waals surface area (Å²) in [5.41, 5.74) is -0.172. The maximum absolute atomic E-state index is 11.8. The van der Waals surface area contributed by atoms with Gasteiger partial charge in [0.1, 0.15) is 6.61 Å². The fourth-order valence-electron chi connectivity index (χ4n) is 3.18. The first-order chi connectivity index (χ1) is 10.5. The van der Waals surface area contributed by atoms with Gasteiger partial charge in [-0.25, -0.2) is 0 Å². The van der Waals surface area contributed by atoms with Gasteiger partial charge in [-0.3, -0.25) is 9.59 Å². The Morgan fingerprint density at radius 1 is 1.32 bits per heavy atom. The van der Waals surface area contributed by atoms with Gasteiger partial charge in [0.05, 0.1) is 11.7 Å². The van der Waals surface area contributed by atoms with Crippen molar-refractivity contribution in [2.75, 3.05) is 40.4 Å². The van der Waals surface area contributed by atoms with Gasteiger partial charge in [-0.15, -0.1) is 0 Å². The Bertz CT molecular complexity index is 403. The van der Waals surface area contributed by atoms with Crippen LogP contribution in [0.5, 0.6) is 0 Å². The average molecular weight is 312 g/mol. The van der Waals surface area contributed by atoms with Crippen molar-refractivity contribution >= 4 is 11.8 Å². The molecular weight excluding hydrogens is 284 g/mol. The van der Waals surface area contributed by atoms with Gasteiger partial charge in [0.25, 0.3) is 0 Å². The van der Waals surface area contributed by atoms with Crippen molar-refractivity contribution in [2.45, 2.75) is 50.7 Å². The predicted molar refractivity (Wildman–Crippen MR) is 82.5 cm³/mol. The summed E-state index contributed by atoms with van der Waals surface area (Å²) >= 11 is 0. The maximum Gasteiger partial charge on any atom is 0.248 e. The second-order valence-corrected chi connectivity index (χ2v) is 6.48. The van der Waals surface area contributed by atoms with Crippen LogP contribution in [-0.2, 0) is 19.1 Å². The zero-order chi connectivity index (χ0) is 16.2. The van der Waals surface area contributed by atoms with Gasteiger partial charge in [-0.1, -0.05) is 6.92 Å². The molecular formula is C16H28N2O4. The summed E-state index contributed by atoms with van der Waals surface area (Å²) in [6.07, 6.45) is 4.01. The SMILES string of the molecule is CCC(=O)N1CCC2(CC1)CC(OCC(=O)N(C)C)CCO2. The smallest absolute Gasteiger partial charge is 0.248 e. The van der Waals surface area contributed by atoms with E-state index in [4.69, 9.17) is 9.47 Å². The van der Waals surface area contributed by atoms with Crippen LogP contribution in [0.2, 0.25) is 0 Å². The number of carbonyl (C=O) groups excluding carboxylic acids is 2. The number of nitrogens with zero attached hydrogens (tertiary/aromatic N) is 2. The van der Waals surface area contributed by atoms with Crippen molar-refractivity contribution < 1.29 is 19.1 Å². The van der Waals surface area contributed by atoms with E-state index in [2.05, 4.69) is 0 Å². The number of piperidine rings is 1. The number of rotatable bonds is 4. The van der Waals surface area contributed by atoms with E-state index < -0.39 is 0 Å². The summed E-state index contributed by atoms with van der Waals surface area (Å²) in [7, 11) is 3.47. The highest BCUT2D eigenvalue weighted by Crippen LogP contribution is 2.36. The van der Waals surface area contributed by atoms with E-state index in [9.17, 15) is 9.59 Å². The van der Waals surface area contributed by atoms with Crippen molar-refractivity contribution in [1.82, 2.24) is 9.80 Å². The van der Waals surface area contributed by atoms with E-state index in [1.807, 2.05) is 11.8 Å². The molecule has 6 heteroatoms. The number of likely N-dealkylation sites (N-methyl/N-ethyl adjacent to an activating group) is 1. The fraction of sp³-hybridized carbons (Fsp3) is 0.875. The first-order valence-electron chi connectivity index (χ1n) is 8.19. The van der Waals surface area contributed by atoms with Crippen LogP contribution in [0.3, 0.4) is 0 Å². The van der Waals surface area contributed by atoms with Crippen molar-refractivity contribution in [1.29, 1.82) is 0 Å². The molecule has 0 radical (unpaired) electrons. The van der Waals surface area contributed by atoms with Crippen LogP contribution in [0.15, 0.2) is 0 Å². The molecule has 2 aliphatic rings. The maximum atomic E-state index is 11.8. The fourth-order valence-corrected chi connectivity index (χ4v) is 3.18. The Balaban J connectivity index is 1.83. The number of amides is 2. The number of likely N-dealkylation sites (tertiary alicyclic amines) is 1. The highest BCUT2D eigenvalue weighted by atomic mass is 16.5. The number of ether oxygens (including phenoxy) is 2. The van der Waals surface area contributed by atoms with Gasteiger partial charge in [0.15, 0.2) is 0 Å². The molecule has 0 aromatic heterocycles. The van der Waals surface area contributed by atoms with Gasteiger partial charge in [-0.2, -0.15) is 0 Å². The molecule has 1 spiro atoms. The predicted octanol–water partition coefficient (Wildman–Crippen LogP) is 1.04. The Hall–Kier alpha value is -1.14. The third-order valence-electron chi connectivity index (χ3n) is 4.72. The molecule has 2 aliphatic heterocycles. The first kappa shape index (κ1) is 17.2. The Labute approximate surface area is 132 Å². The van der Waals surface area contributed by atoms with E-state index in [-0.39, 0.29) is 30.1 Å². The van der Waals surface area contributed by atoms with Crippen LogP contribution >= 0.6 is 0 Å². The van der Waals surface area contributed by atoms with Crippen molar-refractivity contribution in [3.05, 3.63) is 0 Å². The van der Waals surface area contributed by atoms with Crippen LogP contribution in [0.1, 0.15) is 39.0 Å². The lowest BCUT2D eigenvalue weighted by Crippen LogP contribution is -2.52. The molecule has 1 atom stereocenters. The Morgan fingerprint density at radius 2 is 2.00 bits per heavy atom. The first-order valence-corrected chi connectivity index (χ1v) is 8.19. The molecule has 126 valence electrons. The van der Waals surface area contributed by atoms with E-state index in [0.717, 1.165) is 38.8 Å². The second-order valence-electron chi connectivity index (χ2n) is 6.48. The highest BCUT2D eigenvalue weighted by molar-refractivity contribution is 5.76. The molecule has 2 heterocycles. The monoisotopic (exact) mass is 312 g/mol. The minimum absolute atomic E-state index is 0.0103. The third kappa shape index (κ3) is 4.20. The number of hydrogen-bond donors (Lipinski definition) is 0. The van der Waals surface area contributed by atoms with Crippen molar-refractivity contribution in [3.63, 3.8) is 0 Å². The molecule has 0 aromatic carbocycles. The molecule has 0 bridgehead atoms. The summed E-state index contributed by atoms with van der Waals surface area (Å²) in [4.78, 5) is 26.9. The average Bonchev–Trinajstić information content (AvgIpc) is 2.52. The largest absolute Gasteiger partial charge is 0.375 e. The molecule has 2 rings (SSSR count). The molecule has 0 N–H and O–H groups in total. The number of carbonyl (C=O) groups is 2. The molecule has 0 aromatic rings. The summed E-state index contributed by atoms with van der Waals surface area (Å²) in [5, 5.41) is 0. The standard InChI is InChI=1S/C16H28N2O4/c1-4-14(19)18-8-6-16(7-9-18)11-13(5-10-22-16)21-12-15(20)17(2)3/h13H,4-12H2,1-3H3. The molecule has 0 saturated carbocycles. The quantitative estimate of drug-likeness (QED) is 0.778. The molecule has 2 amide bonds. The van der Waals surface area contributed by atoms with E-state index in [0.29, 0.717) is 13.0 Å². The van der Waals surface area contributed by atoms with Crippen LogP contribution in [0.25, 0.3) is 0 Å². The highest BCUT2D eigenvalue weighted by Gasteiger charge is 2.41. The van der Waals surface area contributed by atoms with Crippen LogP contribution < -0.4 is 0 Å². The molecule has 2 fully saturated rings. The third-order valence-corrected chi connectivity index (χ3v) is 4.72. The second kappa shape index (κ2) is 7.42. The van der Waals surface area contributed by atoms with Crippen LogP contribution in [0.4, 0.5) is 0 Å². The van der Waals surface area contributed by atoms with E-state index in [1.54, 1.807) is 19.0 Å². The van der Waals surface area contributed by atoms with Gasteiger partial charge in [-0.05, 0) is 19.3 Å². The summed E-state index contributed by atoms with van der Waals surface area (Å²) in [6.45, 7) is 4.22. The zero-order valence-electron chi connectivity index (χ0n) is 14.0. The van der Waals surface area contributed by atoms with E-state index >= 15 is 0 Å². The summed E-state index contributed by atoms with van der Waals surface area (Å²) < 4.78 is 11.8. The summed E-state index contributed by atoms with van der Waals surface area (Å²) in [5.74, 6) is 0.207. The topological polar surface area (TPSA) is 59.1 Å². The summed E-state index contributed by atoms with van der Waals surface area (Å²) in [6, 6.07) is 0.